The normalized spacial score (nSPS) is 11.6. The fraction of sp³-hybridized carbons (Fsp3) is 0.316. The highest BCUT2D eigenvalue weighted by Crippen LogP contribution is 2.24. The Labute approximate surface area is 170 Å². The molecule has 0 aliphatic rings. The molecule has 2 rings (SSSR count). The lowest BCUT2D eigenvalue weighted by molar-refractivity contribution is -0.116. The molecule has 1 amide bonds. The predicted molar refractivity (Wildman–Crippen MR) is 111 cm³/mol. The van der Waals surface area contributed by atoms with Gasteiger partial charge in [0.2, 0.25) is 15.9 Å². The van der Waals surface area contributed by atoms with Gasteiger partial charge in [0.05, 0.1) is 22.8 Å². The summed E-state index contributed by atoms with van der Waals surface area (Å²) in [5.41, 5.74) is 3.30. The molecule has 8 heteroatoms. The molecule has 0 saturated carbocycles. The van der Waals surface area contributed by atoms with Gasteiger partial charge in [-0.25, -0.2) is 8.42 Å². The summed E-state index contributed by atoms with van der Waals surface area (Å²) in [7, 11) is -3.60. The maximum Gasteiger partial charge on any atom is 0.239 e. The van der Waals surface area contributed by atoms with E-state index >= 15 is 0 Å². The van der Waals surface area contributed by atoms with E-state index in [4.69, 9.17) is 23.2 Å². The number of halogens is 2. The average molecular weight is 429 g/mol. The minimum atomic E-state index is -3.60. The molecular formula is C19H22Cl2N2O3S. The molecule has 0 heterocycles. The van der Waals surface area contributed by atoms with Gasteiger partial charge in [-0.1, -0.05) is 54.4 Å². The lowest BCUT2D eigenvalue weighted by atomic mass is 10.1. The van der Waals surface area contributed by atoms with Gasteiger partial charge in [0, 0.05) is 12.2 Å². The molecule has 0 unspecified atom stereocenters. The minimum absolute atomic E-state index is 0.0253. The molecule has 146 valence electrons. The Bertz CT molecular complexity index is 946. The van der Waals surface area contributed by atoms with Crippen molar-refractivity contribution in [2.75, 3.05) is 18.1 Å². The Balaban J connectivity index is 2.19. The van der Waals surface area contributed by atoms with Gasteiger partial charge in [-0.05, 0) is 42.2 Å². The third-order valence-corrected chi connectivity index (χ3v) is 6.07. The van der Waals surface area contributed by atoms with Crippen LogP contribution in [0.5, 0.6) is 0 Å². The lowest BCUT2D eigenvalue weighted by Crippen LogP contribution is -2.37. The third-order valence-electron chi connectivity index (χ3n) is 4.14. The second kappa shape index (κ2) is 9.06. The highest BCUT2D eigenvalue weighted by molar-refractivity contribution is 7.88. The first-order valence-electron chi connectivity index (χ1n) is 8.39. The van der Waals surface area contributed by atoms with Crippen LogP contribution >= 0.6 is 23.2 Å². The summed E-state index contributed by atoms with van der Waals surface area (Å²) in [6.45, 7) is 3.63. The maximum atomic E-state index is 12.5. The van der Waals surface area contributed by atoms with Crippen molar-refractivity contribution in [3.8, 4) is 0 Å². The zero-order valence-corrected chi connectivity index (χ0v) is 17.7. The van der Waals surface area contributed by atoms with Crippen molar-refractivity contribution < 1.29 is 13.2 Å². The molecule has 2 aromatic rings. The van der Waals surface area contributed by atoms with E-state index in [9.17, 15) is 13.2 Å². The van der Waals surface area contributed by atoms with Crippen LogP contribution in [0.25, 0.3) is 0 Å². The Morgan fingerprint density at radius 1 is 1.15 bits per heavy atom. The first kappa shape index (κ1) is 21.7. The number of sulfonamides is 1. The summed E-state index contributed by atoms with van der Waals surface area (Å²) < 4.78 is 25.4. The summed E-state index contributed by atoms with van der Waals surface area (Å²) in [4.78, 5) is 12.5. The molecule has 0 bridgehead atoms. The summed E-state index contributed by atoms with van der Waals surface area (Å²) in [5.74, 6) is -0.399. The molecule has 0 spiro atoms. The fourth-order valence-electron chi connectivity index (χ4n) is 2.67. The van der Waals surface area contributed by atoms with Gasteiger partial charge in [0.25, 0.3) is 0 Å². The van der Waals surface area contributed by atoms with Crippen molar-refractivity contribution in [3.63, 3.8) is 0 Å². The van der Waals surface area contributed by atoms with Gasteiger partial charge in [0.15, 0.2) is 0 Å². The summed E-state index contributed by atoms with van der Waals surface area (Å²) in [6, 6.07) is 10.6. The van der Waals surface area contributed by atoms with Gasteiger partial charge in [-0.3, -0.25) is 4.79 Å². The first-order chi connectivity index (χ1) is 12.6. The summed E-state index contributed by atoms with van der Waals surface area (Å²) in [6.07, 6.45) is 1.83. The lowest BCUT2D eigenvalue weighted by Gasteiger charge is -2.21. The van der Waals surface area contributed by atoms with E-state index < -0.39 is 15.9 Å². The van der Waals surface area contributed by atoms with Crippen molar-refractivity contribution in [1.82, 2.24) is 4.31 Å². The zero-order chi connectivity index (χ0) is 20.2. The van der Waals surface area contributed by atoms with Crippen LogP contribution in [0.4, 0.5) is 5.69 Å². The van der Waals surface area contributed by atoms with E-state index in [-0.39, 0.29) is 13.1 Å². The minimum Gasteiger partial charge on any atom is -0.324 e. The highest BCUT2D eigenvalue weighted by Gasteiger charge is 2.21. The topological polar surface area (TPSA) is 66.5 Å². The van der Waals surface area contributed by atoms with E-state index in [2.05, 4.69) is 5.32 Å². The monoisotopic (exact) mass is 428 g/mol. The Morgan fingerprint density at radius 3 is 2.44 bits per heavy atom. The zero-order valence-electron chi connectivity index (χ0n) is 15.4. The molecule has 0 saturated heterocycles. The molecule has 1 N–H and O–H groups in total. The number of benzene rings is 2. The summed E-state index contributed by atoms with van der Waals surface area (Å²) in [5, 5.41) is 3.56. The standard InChI is InChI=1S/C19H22Cl2N2O3S/c1-4-15-7-5-6-13(2)19(15)22-18(24)12-23(27(3,25)26)11-14-8-9-16(20)17(21)10-14/h5-10H,4,11-12H2,1-3H3,(H,22,24). The summed E-state index contributed by atoms with van der Waals surface area (Å²) >= 11 is 11.9. The Morgan fingerprint density at radius 2 is 1.85 bits per heavy atom. The molecule has 0 aromatic heterocycles. The second-order valence-electron chi connectivity index (χ2n) is 6.29. The number of carbonyl (C=O) groups excluding carboxylic acids is 1. The molecule has 0 aliphatic heterocycles. The number of nitrogens with zero attached hydrogens (tertiary/aromatic N) is 1. The van der Waals surface area contributed by atoms with E-state index in [1.54, 1.807) is 18.2 Å². The number of aryl methyl sites for hydroxylation is 2. The second-order valence-corrected chi connectivity index (χ2v) is 9.09. The number of anilines is 1. The fourth-order valence-corrected chi connectivity index (χ4v) is 3.73. The van der Waals surface area contributed by atoms with Crippen LogP contribution in [0.1, 0.15) is 23.6 Å². The van der Waals surface area contributed by atoms with E-state index in [1.807, 2.05) is 32.0 Å². The SMILES string of the molecule is CCc1cccc(C)c1NC(=O)CN(Cc1ccc(Cl)c(Cl)c1)S(C)(=O)=O. The largest absolute Gasteiger partial charge is 0.324 e. The van der Waals surface area contributed by atoms with Gasteiger partial charge in [-0.15, -0.1) is 0 Å². The number of rotatable bonds is 7. The van der Waals surface area contributed by atoms with Crippen molar-refractivity contribution in [2.45, 2.75) is 26.8 Å². The van der Waals surface area contributed by atoms with Crippen LogP contribution in [0.2, 0.25) is 10.0 Å². The number of carbonyl (C=O) groups is 1. The van der Waals surface area contributed by atoms with Crippen LogP contribution in [0.15, 0.2) is 36.4 Å². The first-order valence-corrected chi connectivity index (χ1v) is 11.0. The van der Waals surface area contributed by atoms with Gasteiger partial charge in [-0.2, -0.15) is 4.31 Å². The van der Waals surface area contributed by atoms with E-state index in [0.29, 0.717) is 15.6 Å². The van der Waals surface area contributed by atoms with Gasteiger partial charge >= 0.3 is 0 Å². The van der Waals surface area contributed by atoms with Crippen LogP contribution in [-0.4, -0.2) is 31.4 Å². The molecule has 0 aliphatic carbocycles. The quantitative estimate of drug-likeness (QED) is 0.715. The van der Waals surface area contributed by atoms with Crippen LogP contribution < -0.4 is 5.32 Å². The molecule has 0 radical (unpaired) electrons. The molecule has 0 fully saturated rings. The van der Waals surface area contributed by atoms with Crippen molar-refractivity contribution in [1.29, 1.82) is 0 Å². The Hall–Kier alpha value is -1.60. The highest BCUT2D eigenvalue weighted by atomic mass is 35.5. The van der Waals surface area contributed by atoms with Crippen LogP contribution in [0, 0.1) is 6.92 Å². The Kier molecular flexibility index (Phi) is 7.28. The molecule has 27 heavy (non-hydrogen) atoms. The molecular weight excluding hydrogens is 407 g/mol. The number of hydrogen-bond acceptors (Lipinski definition) is 3. The van der Waals surface area contributed by atoms with Crippen molar-refractivity contribution >= 4 is 44.8 Å². The third kappa shape index (κ3) is 5.94. The molecule has 5 nitrogen and oxygen atoms in total. The van der Waals surface area contributed by atoms with Gasteiger partial charge in [0.1, 0.15) is 0 Å². The van der Waals surface area contributed by atoms with Crippen molar-refractivity contribution in [2.24, 2.45) is 0 Å². The number of para-hydroxylation sites is 1. The molecule has 2 aromatic carbocycles. The maximum absolute atomic E-state index is 12.5. The average Bonchev–Trinajstić information content (AvgIpc) is 2.58. The van der Waals surface area contributed by atoms with E-state index in [0.717, 1.165) is 33.8 Å². The number of nitrogens with one attached hydrogen (secondary N) is 1. The van der Waals surface area contributed by atoms with Gasteiger partial charge < -0.3 is 5.32 Å². The molecule has 0 atom stereocenters. The predicted octanol–water partition coefficient (Wildman–Crippen LogP) is 4.26. The van der Waals surface area contributed by atoms with Crippen LogP contribution in [0.3, 0.4) is 0 Å². The van der Waals surface area contributed by atoms with Crippen LogP contribution in [-0.2, 0) is 27.8 Å². The smallest absolute Gasteiger partial charge is 0.239 e. The number of hydrogen-bond donors (Lipinski definition) is 1. The number of amides is 1. The van der Waals surface area contributed by atoms with Crippen molar-refractivity contribution in [3.05, 3.63) is 63.1 Å². The van der Waals surface area contributed by atoms with E-state index in [1.165, 1.54) is 0 Å².